The normalized spacial score (nSPS) is 14.0. The third-order valence-electron chi connectivity index (χ3n) is 4.17. The van der Waals surface area contributed by atoms with Crippen LogP contribution in [-0.2, 0) is 9.59 Å². The first-order valence-corrected chi connectivity index (χ1v) is 7.43. The van der Waals surface area contributed by atoms with E-state index >= 15 is 0 Å². The van der Waals surface area contributed by atoms with Gasteiger partial charge in [0.15, 0.2) is 0 Å². The predicted octanol–water partition coefficient (Wildman–Crippen LogP) is 1.75. The average Bonchev–Trinajstić information content (AvgIpc) is 2.87. The summed E-state index contributed by atoms with van der Waals surface area (Å²) >= 11 is 0. The molecule has 0 aliphatic heterocycles. The first-order chi connectivity index (χ1) is 11.1. The lowest BCUT2D eigenvalue weighted by atomic mass is 9.93. The van der Waals surface area contributed by atoms with Gasteiger partial charge in [-0.15, -0.1) is 0 Å². The van der Waals surface area contributed by atoms with Crippen LogP contribution in [0.5, 0.6) is 0 Å². The maximum Gasteiger partial charge on any atom is 0.328 e. The van der Waals surface area contributed by atoms with Gasteiger partial charge >= 0.3 is 5.97 Å². The highest BCUT2D eigenvalue weighted by molar-refractivity contribution is 5.87. The van der Waals surface area contributed by atoms with E-state index in [0.29, 0.717) is 0 Å². The van der Waals surface area contributed by atoms with E-state index in [9.17, 15) is 9.59 Å². The van der Waals surface area contributed by atoms with Gasteiger partial charge in [-0.1, -0.05) is 48.5 Å². The summed E-state index contributed by atoms with van der Waals surface area (Å²) in [6.45, 7) is -0.626. The fourth-order valence-electron chi connectivity index (χ4n) is 3.10. The van der Waals surface area contributed by atoms with Gasteiger partial charge in [-0.2, -0.15) is 0 Å². The molecule has 118 valence electrons. The molecule has 1 aliphatic carbocycles. The Labute approximate surface area is 133 Å². The molecule has 5 heteroatoms. The highest BCUT2D eigenvalue weighted by Gasteiger charge is 2.30. The summed E-state index contributed by atoms with van der Waals surface area (Å²) in [5.41, 5.74) is 4.36. The summed E-state index contributed by atoms with van der Waals surface area (Å²) in [4.78, 5) is 23.1. The largest absolute Gasteiger partial charge is 0.480 e. The number of carbonyl (C=O) groups is 2. The molecule has 23 heavy (non-hydrogen) atoms. The third kappa shape index (κ3) is 2.83. The van der Waals surface area contributed by atoms with Crippen LogP contribution in [0, 0.1) is 0 Å². The number of aliphatic hydroxyl groups excluding tert-OH is 1. The topological polar surface area (TPSA) is 86.6 Å². The first-order valence-electron chi connectivity index (χ1n) is 7.43. The Morgan fingerprint density at radius 2 is 1.52 bits per heavy atom. The van der Waals surface area contributed by atoms with Crippen molar-refractivity contribution in [2.75, 3.05) is 6.61 Å². The van der Waals surface area contributed by atoms with Crippen LogP contribution in [0.25, 0.3) is 11.1 Å². The molecule has 0 unspecified atom stereocenters. The monoisotopic (exact) mass is 311 g/mol. The number of benzene rings is 2. The van der Waals surface area contributed by atoms with Crippen molar-refractivity contribution in [2.24, 2.45) is 0 Å². The number of aliphatic carboxylic acids is 1. The smallest absolute Gasteiger partial charge is 0.328 e. The summed E-state index contributed by atoms with van der Waals surface area (Å²) in [6.07, 6.45) is 0.151. The predicted molar refractivity (Wildman–Crippen MR) is 85.0 cm³/mol. The zero-order valence-corrected chi connectivity index (χ0v) is 12.4. The third-order valence-corrected chi connectivity index (χ3v) is 4.17. The summed E-state index contributed by atoms with van der Waals surface area (Å²) in [7, 11) is 0. The van der Waals surface area contributed by atoms with E-state index in [0.717, 1.165) is 22.3 Å². The summed E-state index contributed by atoms with van der Waals surface area (Å²) in [5.74, 6) is -1.73. The van der Waals surface area contributed by atoms with Gasteiger partial charge in [0.2, 0.25) is 5.91 Å². The zero-order valence-electron chi connectivity index (χ0n) is 12.4. The number of hydrogen-bond donors (Lipinski definition) is 3. The van der Waals surface area contributed by atoms with E-state index in [1.807, 2.05) is 48.5 Å². The first kappa shape index (κ1) is 15.2. The van der Waals surface area contributed by atoms with Crippen molar-refractivity contribution in [1.82, 2.24) is 5.32 Å². The van der Waals surface area contributed by atoms with Crippen molar-refractivity contribution in [3.8, 4) is 11.1 Å². The molecular weight excluding hydrogens is 294 g/mol. The number of carbonyl (C=O) groups excluding carboxylic acids is 1. The summed E-state index contributed by atoms with van der Waals surface area (Å²) in [6, 6.07) is 14.6. The summed E-state index contributed by atoms with van der Waals surface area (Å²) < 4.78 is 0. The number of amides is 1. The molecule has 5 nitrogen and oxygen atoms in total. The zero-order chi connectivity index (χ0) is 16.4. The van der Waals surface area contributed by atoms with Gasteiger partial charge in [0, 0.05) is 12.3 Å². The van der Waals surface area contributed by atoms with E-state index in [-0.39, 0.29) is 18.2 Å². The molecular formula is C18H17NO4. The molecule has 0 fully saturated rings. The Morgan fingerprint density at radius 3 is 2.00 bits per heavy atom. The van der Waals surface area contributed by atoms with Crippen LogP contribution in [0.4, 0.5) is 0 Å². The van der Waals surface area contributed by atoms with Crippen LogP contribution in [0.3, 0.4) is 0 Å². The molecule has 3 N–H and O–H groups in total. The van der Waals surface area contributed by atoms with E-state index < -0.39 is 18.6 Å². The fourth-order valence-corrected chi connectivity index (χ4v) is 3.10. The standard InChI is InChI=1S/C18H17NO4/c20-10-16(18(22)23)19-17(21)9-15-13-7-3-1-5-11(13)12-6-2-4-8-14(12)15/h1-8,15-16,20H,9-10H2,(H,19,21)(H,22,23)/t16-/m0/s1. The van der Waals surface area contributed by atoms with E-state index in [1.54, 1.807) is 0 Å². The van der Waals surface area contributed by atoms with Gasteiger partial charge < -0.3 is 15.5 Å². The van der Waals surface area contributed by atoms with Crippen LogP contribution >= 0.6 is 0 Å². The van der Waals surface area contributed by atoms with Crippen molar-refractivity contribution >= 4 is 11.9 Å². The molecule has 2 aromatic rings. The number of aliphatic hydroxyl groups is 1. The second-order valence-electron chi connectivity index (χ2n) is 5.57. The number of carboxylic acids is 1. The molecule has 0 radical (unpaired) electrons. The number of carboxylic acid groups (broad SMARTS) is 1. The van der Waals surface area contributed by atoms with Gasteiger partial charge in [-0.25, -0.2) is 4.79 Å². The van der Waals surface area contributed by atoms with Crippen LogP contribution in [0.15, 0.2) is 48.5 Å². The lowest BCUT2D eigenvalue weighted by molar-refractivity contribution is -0.143. The minimum Gasteiger partial charge on any atom is -0.480 e. The molecule has 0 saturated carbocycles. The molecule has 0 aromatic heterocycles. The van der Waals surface area contributed by atoms with Crippen LogP contribution in [-0.4, -0.2) is 34.7 Å². The quantitative estimate of drug-likeness (QED) is 0.785. The van der Waals surface area contributed by atoms with Gasteiger partial charge in [0.05, 0.1) is 6.61 Å². The molecule has 1 atom stereocenters. The molecule has 3 rings (SSSR count). The van der Waals surface area contributed by atoms with Crippen molar-refractivity contribution in [3.05, 3.63) is 59.7 Å². The second-order valence-corrected chi connectivity index (χ2v) is 5.57. The number of rotatable bonds is 5. The minimum atomic E-state index is -1.27. The Kier molecular flexibility index (Phi) is 4.12. The van der Waals surface area contributed by atoms with Crippen molar-refractivity contribution in [3.63, 3.8) is 0 Å². The van der Waals surface area contributed by atoms with E-state index in [1.165, 1.54) is 0 Å². The van der Waals surface area contributed by atoms with Crippen molar-refractivity contribution in [2.45, 2.75) is 18.4 Å². The van der Waals surface area contributed by atoms with Gasteiger partial charge in [-0.3, -0.25) is 4.79 Å². The SMILES string of the molecule is O=C(CC1c2ccccc2-c2ccccc21)N[C@@H](CO)C(=O)O. The number of nitrogens with one attached hydrogen (secondary N) is 1. The van der Waals surface area contributed by atoms with E-state index in [4.69, 9.17) is 10.2 Å². The van der Waals surface area contributed by atoms with Crippen molar-refractivity contribution < 1.29 is 19.8 Å². The van der Waals surface area contributed by atoms with Gasteiger partial charge in [-0.05, 0) is 22.3 Å². The molecule has 0 heterocycles. The highest BCUT2D eigenvalue weighted by Crippen LogP contribution is 2.45. The van der Waals surface area contributed by atoms with Crippen LogP contribution in [0.2, 0.25) is 0 Å². The van der Waals surface area contributed by atoms with Gasteiger partial charge in [0.1, 0.15) is 6.04 Å². The molecule has 1 aliphatic rings. The van der Waals surface area contributed by atoms with Crippen molar-refractivity contribution in [1.29, 1.82) is 0 Å². The van der Waals surface area contributed by atoms with E-state index in [2.05, 4.69) is 5.32 Å². The Bertz CT molecular complexity index is 711. The fraction of sp³-hybridized carbons (Fsp3) is 0.222. The Morgan fingerprint density at radius 1 is 1.00 bits per heavy atom. The average molecular weight is 311 g/mol. The Balaban J connectivity index is 1.86. The molecule has 0 bridgehead atoms. The minimum absolute atomic E-state index is 0.101. The highest BCUT2D eigenvalue weighted by atomic mass is 16.4. The molecule has 0 spiro atoms. The summed E-state index contributed by atoms with van der Waals surface area (Å²) in [5, 5.41) is 20.3. The lowest BCUT2D eigenvalue weighted by Gasteiger charge is -2.16. The molecule has 2 aromatic carbocycles. The Hall–Kier alpha value is -2.66. The van der Waals surface area contributed by atoms with Gasteiger partial charge in [0.25, 0.3) is 0 Å². The second kappa shape index (κ2) is 6.22. The molecule has 1 amide bonds. The van der Waals surface area contributed by atoms with Crippen LogP contribution < -0.4 is 5.32 Å². The van der Waals surface area contributed by atoms with Crippen LogP contribution in [0.1, 0.15) is 23.5 Å². The maximum absolute atomic E-state index is 12.2. The lowest BCUT2D eigenvalue weighted by Crippen LogP contribution is -2.43. The number of fused-ring (bicyclic) bond motifs is 3. The molecule has 0 saturated heterocycles. The maximum atomic E-state index is 12.2. The number of hydrogen-bond acceptors (Lipinski definition) is 3.